The normalized spacial score (nSPS) is 43.0. The fourth-order valence-electron chi connectivity index (χ4n) is 6.13. The first-order valence-corrected chi connectivity index (χ1v) is 9.74. The molecule has 3 aliphatic rings. The summed E-state index contributed by atoms with van der Waals surface area (Å²) in [4.78, 5) is 12.8. The molecule has 0 amide bonds. The van der Waals surface area contributed by atoms with Crippen molar-refractivity contribution in [1.82, 2.24) is 0 Å². The van der Waals surface area contributed by atoms with Crippen LogP contribution in [0.3, 0.4) is 0 Å². The number of esters is 1. The molecule has 3 aliphatic carbocycles. The van der Waals surface area contributed by atoms with Gasteiger partial charge in [-0.1, -0.05) is 43.9 Å². The number of hydrogen-bond donors (Lipinski definition) is 0. The number of rotatable bonds is 3. The van der Waals surface area contributed by atoms with Gasteiger partial charge in [0.25, 0.3) is 0 Å². The van der Waals surface area contributed by atoms with E-state index in [9.17, 15) is 4.79 Å². The number of carbonyl (C=O) groups is 1. The lowest BCUT2D eigenvalue weighted by Gasteiger charge is -2.58. The zero-order chi connectivity index (χ0) is 18.3. The van der Waals surface area contributed by atoms with Crippen molar-refractivity contribution in [2.75, 3.05) is 6.61 Å². The van der Waals surface area contributed by atoms with E-state index in [-0.39, 0.29) is 23.4 Å². The van der Waals surface area contributed by atoms with Crippen molar-refractivity contribution in [1.29, 1.82) is 0 Å². The molecule has 25 heavy (non-hydrogen) atoms. The lowest BCUT2D eigenvalue weighted by Crippen LogP contribution is -2.53. The van der Waals surface area contributed by atoms with Crippen LogP contribution < -0.4 is 0 Å². The van der Waals surface area contributed by atoms with E-state index in [4.69, 9.17) is 11.2 Å². The van der Waals surface area contributed by atoms with Crippen LogP contribution in [0.1, 0.15) is 65.7 Å². The molecule has 0 bridgehead atoms. The van der Waals surface area contributed by atoms with Crippen LogP contribution >= 0.6 is 0 Å². The largest absolute Gasteiger partial charge is 0.452 e. The SMILES string of the molecule is C#CCOC(=O)[C@]1(C)CCC[C@@]2(C)C3=CC[C@](C)(C=C)C[C@@H]3CC[C@H]12. The molecule has 0 spiro atoms. The Morgan fingerprint density at radius 2 is 2.16 bits per heavy atom. The molecule has 2 nitrogen and oxygen atoms in total. The maximum absolute atomic E-state index is 12.8. The van der Waals surface area contributed by atoms with Crippen molar-refractivity contribution >= 4 is 5.97 Å². The molecule has 5 atom stereocenters. The zero-order valence-corrected chi connectivity index (χ0v) is 16.1. The second-order valence-corrected chi connectivity index (χ2v) is 9.22. The van der Waals surface area contributed by atoms with Crippen molar-refractivity contribution in [3.05, 3.63) is 24.3 Å². The molecule has 2 saturated carbocycles. The highest BCUT2D eigenvalue weighted by atomic mass is 16.5. The van der Waals surface area contributed by atoms with Gasteiger partial charge in [0.15, 0.2) is 6.61 Å². The highest BCUT2D eigenvalue weighted by Crippen LogP contribution is 2.63. The first-order chi connectivity index (χ1) is 11.8. The molecular formula is C23H32O2. The van der Waals surface area contributed by atoms with Crippen LogP contribution in [0.4, 0.5) is 0 Å². The molecule has 0 heterocycles. The van der Waals surface area contributed by atoms with E-state index in [0.29, 0.717) is 11.8 Å². The van der Waals surface area contributed by atoms with E-state index in [1.165, 1.54) is 19.3 Å². The summed E-state index contributed by atoms with van der Waals surface area (Å²) in [5.74, 6) is 3.34. The summed E-state index contributed by atoms with van der Waals surface area (Å²) in [5.41, 5.74) is 1.54. The summed E-state index contributed by atoms with van der Waals surface area (Å²) in [5, 5.41) is 0. The number of allylic oxidation sites excluding steroid dienone is 3. The molecule has 0 aromatic carbocycles. The summed E-state index contributed by atoms with van der Waals surface area (Å²) in [6.07, 6.45) is 17.6. The third-order valence-electron chi connectivity index (χ3n) is 7.58. The van der Waals surface area contributed by atoms with Gasteiger partial charge in [0.05, 0.1) is 5.41 Å². The van der Waals surface area contributed by atoms with Crippen LogP contribution in [0, 0.1) is 40.4 Å². The quantitative estimate of drug-likeness (QED) is 0.396. The molecule has 136 valence electrons. The fraction of sp³-hybridized carbons (Fsp3) is 0.696. The molecule has 0 aromatic heterocycles. The average Bonchev–Trinajstić information content (AvgIpc) is 2.59. The van der Waals surface area contributed by atoms with Gasteiger partial charge in [-0.3, -0.25) is 4.79 Å². The van der Waals surface area contributed by atoms with Gasteiger partial charge in [-0.15, -0.1) is 13.0 Å². The van der Waals surface area contributed by atoms with Crippen molar-refractivity contribution in [2.24, 2.45) is 28.1 Å². The number of carbonyl (C=O) groups excluding carboxylic acids is 1. The van der Waals surface area contributed by atoms with E-state index < -0.39 is 5.41 Å². The van der Waals surface area contributed by atoms with Crippen molar-refractivity contribution in [3.8, 4) is 12.3 Å². The molecule has 0 saturated heterocycles. The second kappa shape index (κ2) is 6.35. The standard InChI is InChI=1S/C23H32O2/c1-6-15-25-20(24)23(5)13-8-12-22(4)18-11-14-21(3,7-2)16-17(18)9-10-19(22)23/h1,7,11,17,19H,2,8-10,12-16H2,3-5H3/t17-,19-,21-,22-,23+/m0/s1. The Morgan fingerprint density at radius 1 is 1.40 bits per heavy atom. The molecular weight excluding hydrogens is 308 g/mol. The van der Waals surface area contributed by atoms with Gasteiger partial charge in [0.2, 0.25) is 0 Å². The average molecular weight is 341 g/mol. The van der Waals surface area contributed by atoms with E-state index in [1.807, 2.05) is 0 Å². The van der Waals surface area contributed by atoms with Gasteiger partial charge in [-0.05, 0) is 68.1 Å². The molecule has 0 unspecified atom stereocenters. The van der Waals surface area contributed by atoms with Gasteiger partial charge in [-0.25, -0.2) is 0 Å². The lowest BCUT2D eigenvalue weighted by molar-refractivity contribution is -0.166. The number of fused-ring (bicyclic) bond motifs is 3. The molecule has 2 heteroatoms. The lowest BCUT2D eigenvalue weighted by atomic mass is 9.46. The molecule has 0 aliphatic heterocycles. The minimum absolute atomic E-state index is 0.0842. The molecule has 0 radical (unpaired) electrons. The van der Waals surface area contributed by atoms with Gasteiger partial charge in [-0.2, -0.15) is 0 Å². The van der Waals surface area contributed by atoms with Crippen LogP contribution in [0.25, 0.3) is 0 Å². The van der Waals surface area contributed by atoms with Crippen LogP contribution in [-0.4, -0.2) is 12.6 Å². The summed E-state index contributed by atoms with van der Waals surface area (Å²) < 4.78 is 5.41. The Balaban J connectivity index is 1.92. The Kier molecular flexibility index (Phi) is 4.65. The summed E-state index contributed by atoms with van der Waals surface area (Å²) >= 11 is 0. The third kappa shape index (κ3) is 2.86. The fourth-order valence-corrected chi connectivity index (χ4v) is 6.13. The minimum atomic E-state index is -0.408. The van der Waals surface area contributed by atoms with Gasteiger partial charge >= 0.3 is 5.97 Å². The minimum Gasteiger partial charge on any atom is -0.452 e. The van der Waals surface area contributed by atoms with Crippen molar-refractivity contribution in [3.63, 3.8) is 0 Å². The Morgan fingerprint density at radius 3 is 2.84 bits per heavy atom. The predicted molar refractivity (Wildman–Crippen MR) is 102 cm³/mol. The summed E-state index contributed by atoms with van der Waals surface area (Å²) in [6.45, 7) is 11.0. The Labute approximate surface area is 153 Å². The third-order valence-corrected chi connectivity index (χ3v) is 7.58. The highest BCUT2D eigenvalue weighted by molar-refractivity contribution is 5.77. The van der Waals surface area contributed by atoms with E-state index in [0.717, 1.165) is 25.7 Å². The smallest absolute Gasteiger partial charge is 0.313 e. The van der Waals surface area contributed by atoms with Crippen LogP contribution in [0.2, 0.25) is 0 Å². The Hall–Kier alpha value is -1.49. The van der Waals surface area contributed by atoms with Crippen LogP contribution in [-0.2, 0) is 9.53 Å². The maximum Gasteiger partial charge on any atom is 0.313 e. The first kappa shape index (κ1) is 18.3. The summed E-state index contributed by atoms with van der Waals surface area (Å²) in [6, 6.07) is 0. The zero-order valence-electron chi connectivity index (χ0n) is 16.1. The topological polar surface area (TPSA) is 26.3 Å². The first-order valence-electron chi connectivity index (χ1n) is 9.74. The van der Waals surface area contributed by atoms with Gasteiger partial charge in [0.1, 0.15) is 0 Å². The molecule has 0 aromatic rings. The van der Waals surface area contributed by atoms with Crippen molar-refractivity contribution in [2.45, 2.75) is 65.7 Å². The highest BCUT2D eigenvalue weighted by Gasteiger charge is 2.58. The molecule has 3 rings (SSSR count). The van der Waals surface area contributed by atoms with Gasteiger partial charge in [0, 0.05) is 0 Å². The number of terminal acetylenes is 1. The number of hydrogen-bond acceptors (Lipinski definition) is 2. The second-order valence-electron chi connectivity index (χ2n) is 9.22. The maximum atomic E-state index is 12.8. The van der Waals surface area contributed by atoms with E-state index in [2.05, 4.69) is 45.4 Å². The van der Waals surface area contributed by atoms with Crippen molar-refractivity contribution < 1.29 is 9.53 Å². The van der Waals surface area contributed by atoms with E-state index >= 15 is 0 Å². The van der Waals surface area contributed by atoms with Crippen LogP contribution in [0.5, 0.6) is 0 Å². The van der Waals surface area contributed by atoms with Gasteiger partial charge < -0.3 is 4.74 Å². The Bertz CT molecular complexity index is 639. The van der Waals surface area contributed by atoms with E-state index in [1.54, 1.807) is 5.57 Å². The molecule has 2 fully saturated rings. The monoisotopic (exact) mass is 340 g/mol. The summed E-state index contributed by atoms with van der Waals surface area (Å²) in [7, 11) is 0. The predicted octanol–water partition coefficient (Wildman–Crippen LogP) is 5.30. The molecule has 0 N–H and O–H groups in total. The number of ether oxygens (including phenoxy) is 1. The van der Waals surface area contributed by atoms with Crippen LogP contribution in [0.15, 0.2) is 24.3 Å².